The molecule has 1 fully saturated rings. The fourth-order valence-corrected chi connectivity index (χ4v) is 3.46. The highest BCUT2D eigenvalue weighted by molar-refractivity contribution is 6.07. The number of nitrogens with one attached hydrogen (secondary N) is 2. The summed E-state index contributed by atoms with van der Waals surface area (Å²) in [6.07, 6.45) is 5.17. The number of carbonyl (C=O) groups excluding carboxylic acids is 1. The number of nitrogens with zero attached hydrogens (tertiary/aromatic N) is 4. The molecule has 1 aromatic carbocycles. The van der Waals surface area contributed by atoms with Crippen LogP contribution in [0.25, 0.3) is 0 Å². The number of rotatable bonds is 6. The first-order chi connectivity index (χ1) is 14.7. The molecule has 0 radical (unpaired) electrons. The van der Waals surface area contributed by atoms with Crippen molar-refractivity contribution in [1.29, 1.82) is 0 Å². The second kappa shape index (κ2) is 9.37. The van der Waals surface area contributed by atoms with Gasteiger partial charge in [0.25, 0.3) is 5.91 Å². The van der Waals surface area contributed by atoms with Gasteiger partial charge < -0.3 is 20.4 Å². The van der Waals surface area contributed by atoms with Crippen molar-refractivity contribution in [2.75, 3.05) is 48.8 Å². The number of aromatic nitrogens is 2. The molecule has 0 unspecified atom stereocenters. The van der Waals surface area contributed by atoms with E-state index in [0.717, 1.165) is 43.1 Å². The smallest absolute Gasteiger partial charge is 0.259 e. The molecule has 0 spiro atoms. The van der Waals surface area contributed by atoms with Crippen LogP contribution >= 0.6 is 0 Å². The fraction of sp³-hybridized carbons (Fsp3) is 0.261. The van der Waals surface area contributed by atoms with Crippen LogP contribution < -0.4 is 15.5 Å². The van der Waals surface area contributed by atoms with E-state index in [0.29, 0.717) is 17.9 Å². The third kappa shape index (κ3) is 4.93. The minimum atomic E-state index is -0.184. The molecule has 7 nitrogen and oxygen atoms in total. The lowest BCUT2D eigenvalue weighted by Crippen LogP contribution is -2.44. The number of likely N-dealkylation sites (N-methyl/N-ethyl adjacent to an activating group) is 1. The highest BCUT2D eigenvalue weighted by Gasteiger charge is 2.16. The van der Waals surface area contributed by atoms with Crippen LogP contribution in [0.15, 0.2) is 67.1 Å². The summed E-state index contributed by atoms with van der Waals surface area (Å²) in [6.45, 7) is 4.62. The summed E-state index contributed by atoms with van der Waals surface area (Å²) in [5.74, 6) is 0.373. The Hall–Kier alpha value is -3.45. The van der Waals surface area contributed by atoms with E-state index in [-0.39, 0.29) is 5.91 Å². The van der Waals surface area contributed by atoms with Gasteiger partial charge in [0.2, 0.25) is 0 Å². The number of amides is 1. The number of hydrogen-bond acceptors (Lipinski definition) is 6. The first-order valence-electron chi connectivity index (χ1n) is 10.1. The lowest BCUT2D eigenvalue weighted by molar-refractivity contribution is 0.102. The number of carbonyl (C=O) groups is 1. The molecule has 7 heteroatoms. The molecular weight excluding hydrogens is 376 g/mol. The zero-order valence-electron chi connectivity index (χ0n) is 17.1. The molecule has 4 rings (SSSR count). The van der Waals surface area contributed by atoms with Gasteiger partial charge in [0, 0.05) is 62.7 Å². The van der Waals surface area contributed by atoms with Crippen molar-refractivity contribution >= 4 is 23.1 Å². The summed E-state index contributed by atoms with van der Waals surface area (Å²) in [5, 5.41) is 6.27. The molecule has 1 aliphatic heterocycles. The van der Waals surface area contributed by atoms with Crippen molar-refractivity contribution in [1.82, 2.24) is 14.9 Å². The average molecular weight is 403 g/mol. The van der Waals surface area contributed by atoms with Crippen LogP contribution in [0.2, 0.25) is 0 Å². The molecule has 3 aromatic rings. The van der Waals surface area contributed by atoms with Gasteiger partial charge in [0.05, 0.1) is 5.56 Å². The number of anilines is 3. The first kappa shape index (κ1) is 19.8. The second-order valence-corrected chi connectivity index (χ2v) is 7.40. The average Bonchev–Trinajstić information content (AvgIpc) is 2.79. The van der Waals surface area contributed by atoms with Gasteiger partial charge in [-0.2, -0.15) is 0 Å². The van der Waals surface area contributed by atoms with Crippen LogP contribution in [-0.2, 0) is 6.54 Å². The maximum absolute atomic E-state index is 13.0. The molecule has 30 heavy (non-hydrogen) atoms. The Morgan fingerprint density at radius 1 is 1.00 bits per heavy atom. The Morgan fingerprint density at radius 3 is 2.60 bits per heavy atom. The van der Waals surface area contributed by atoms with Gasteiger partial charge in [-0.15, -0.1) is 0 Å². The lowest BCUT2D eigenvalue weighted by atomic mass is 10.2. The monoisotopic (exact) mass is 402 g/mol. The van der Waals surface area contributed by atoms with Crippen molar-refractivity contribution in [3.05, 3.63) is 78.2 Å². The molecule has 1 aliphatic rings. The van der Waals surface area contributed by atoms with Crippen molar-refractivity contribution < 1.29 is 4.79 Å². The molecule has 1 saturated heterocycles. The Bertz CT molecular complexity index is 986. The first-order valence-corrected chi connectivity index (χ1v) is 10.1. The number of hydrogen-bond donors (Lipinski definition) is 2. The van der Waals surface area contributed by atoms with E-state index in [1.165, 1.54) is 0 Å². The standard InChI is InChI=1S/C23H26N6O/c1-28-12-14-29(15-13-28)20-5-2-4-19(16-20)27-23(30)21-6-3-9-25-22(21)26-17-18-7-10-24-11-8-18/h2-11,16H,12-15,17H2,1H3,(H,25,26)(H,27,30). The van der Waals surface area contributed by atoms with E-state index in [4.69, 9.17) is 0 Å². The van der Waals surface area contributed by atoms with Crippen molar-refractivity contribution in [2.45, 2.75) is 6.54 Å². The molecule has 2 N–H and O–H groups in total. The van der Waals surface area contributed by atoms with Crippen LogP contribution in [0.4, 0.5) is 17.2 Å². The van der Waals surface area contributed by atoms with Crippen molar-refractivity contribution in [2.24, 2.45) is 0 Å². The molecule has 2 aromatic heterocycles. The van der Waals surface area contributed by atoms with Crippen LogP contribution in [0.1, 0.15) is 15.9 Å². The predicted octanol–water partition coefficient (Wildman–Crippen LogP) is 3.09. The fourth-order valence-electron chi connectivity index (χ4n) is 3.46. The SMILES string of the molecule is CN1CCN(c2cccc(NC(=O)c3cccnc3NCc3ccncc3)c2)CC1. The highest BCUT2D eigenvalue weighted by atomic mass is 16.1. The zero-order chi connectivity index (χ0) is 20.8. The molecule has 0 atom stereocenters. The Morgan fingerprint density at radius 2 is 1.80 bits per heavy atom. The molecule has 154 valence electrons. The zero-order valence-corrected chi connectivity index (χ0v) is 17.1. The van der Waals surface area contributed by atoms with Gasteiger partial charge in [-0.05, 0) is 55.1 Å². The Labute approximate surface area is 176 Å². The van der Waals surface area contributed by atoms with Gasteiger partial charge in [0.1, 0.15) is 5.82 Å². The van der Waals surface area contributed by atoms with Crippen molar-refractivity contribution in [3.63, 3.8) is 0 Å². The molecular formula is C23H26N6O. The summed E-state index contributed by atoms with van der Waals surface area (Å²) in [7, 11) is 2.14. The minimum Gasteiger partial charge on any atom is -0.369 e. The lowest BCUT2D eigenvalue weighted by Gasteiger charge is -2.34. The van der Waals surface area contributed by atoms with E-state index < -0.39 is 0 Å². The van der Waals surface area contributed by atoms with E-state index in [1.807, 2.05) is 30.3 Å². The number of pyridine rings is 2. The Kier molecular flexibility index (Phi) is 6.20. The third-order valence-corrected chi connectivity index (χ3v) is 5.23. The van der Waals surface area contributed by atoms with Crippen LogP contribution in [0, 0.1) is 0 Å². The largest absolute Gasteiger partial charge is 0.369 e. The summed E-state index contributed by atoms with van der Waals surface area (Å²) >= 11 is 0. The molecule has 0 saturated carbocycles. The quantitative estimate of drug-likeness (QED) is 0.660. The van der Waals surface area contributed by atoms with E-state index in [1.54, 1.807) is 30.7 Å². The molecule has 3 heterocycles. The van der Waals surface area contributed by atoms with Gasteiger partial charge >= 0.3 is 0 Å². The highest BCUT2D eigenvalue weighted by Crippen LogP contribution is 2.22. The summed E-state index contributed by atoms with van der Waals surface area (Å²) < 4.78 is 0. The van der Waals surface area contributed by atoms with Crippen molar-refractivity contribution in [3.8, 4) is 0 Å². The summed E-state index contributed by atoms with van der Waals surface area (Å²) in [5.41, 5.74) is 3.49. The van der Waals surface area contributed by atoms with E-state index in [2.05, 4.69) is 43.5 Å². The summed E-state index contributed by atoms with van der Waals surface area (Å²) in [4.78, 5) is 26.0. The van der Waals surface area contributed by atoms with Gasteiger partial charge in [0.15, 0.2) is 0 Å². The van der Waals surface area contributed by atoms with Crippen LogP contribution in [0.5, 0.6) is 0 Å². The van der Waals surface area contributed by atoms with Gasteiger partial charge in [-0.25, -0.2) is 4.98 Å². The Balaban J connectivity index is 1.45. The predicted molar refractivity (Wildman–Crippen MR) is 120 cm³/mol. The minimum absolute atomic E-state index is 0.184. The number of benzene rings is 1. The van der Waals surface area contributed by atoms with Gasteiger partial charge in [-0.3, -0.25) is 9.78 Å². The topological polar surface area (TPSA) is 73.4 Å². The maximum atomic E-state index is 13.0. The molecule has 0 bridgehead atoms. The van der Waals surface area contributed by atoms with Gasteiger partial charge in [-0.1, -0.05) is 6.07 Å². The molecule has 1 amide bonds. The third-order valence-electron chi connectivity index (χ3n) is 5.23. The van der Waals surface area contributed by atoms with Crippen LogP contribution in [-0.4, -0.2) is 54.0 Å². The summed E-state index contributed by atoms with van der Waals surface area (Å²) in [6, 6.07) is 15.4. The normalized spacial score (nSPS) is 14.4. The van der Waals surface area contributed by atoms with E-state index >= 15 is 0 Å². The maximum Gasteiger partial charge on any atom is 0.259 e. The van der Waals surface area contributed by atoms with E-state index in [9.17, 15) is 4.79 Å². The molecule has 0 aliphatic carbocycles. The van der Waals surface area contributed by atoms with Crippen LogP contribution in [0.3, 0.4) is 0 Å². The second-order valence-electron chi connectivity index (χ2n) is 7.40. The number of piperazine rings is 1.